The number of carboxylic acids is 1. The minimum absolute atomic E-state index is 0.0123. The topological polar surface area (TPSA) is 46.5 Å². The van der Waals surface area contributed by atoms with E-state index in [1.165, 1.54) is 0 Å². The third-order valence-corrected chi connectivity index (χ3v) is 1.73. The lowest BCUT2D eigenvalue weighted by Crippen LogP contribution is -2.24. The summed E-state index contributed by atoms with van der Waals surface area (Å²) >= 11 is 8.26. The molecule has 0 aliphatic heterocycles. The molecule has 0 bridgehead atoms. The molecule has 0 saturated heterocycles. The molecule has 0 aliphatic rings. The summed E-state index contributed by atoms with van der Waals surface area (Å²) in [6.07, 6.45) is 0. The molecule has 0 rings (SSSR count). The molecule has 0 fully saturated rings. The molecule has 0 radical (unpaired) electrons. The highest BCUT2D eigenvalue weighted by molar-refractivity contribution is 7.87. The SMILES string of the molecule is CCOC(=S)C(S)C(=O)O. The lowest BCUT2D eigenvalue weighted by Gasteiger charge is -2.06. The van der Waals surface area contributed by atoms with E-state index in [4.69, 9.17) is 9.84 Å². The van der Waals surface area contributed by atoms with Crippen LogP contribution in [0.2, 0.25) is 0 Å². The monoisotopic (exact) mass is 180 g/mol. The van der Waals surface area contributed by atoms with Gasteiger partial charge in [-0.05, 0) is 19.1 Å². The number of ether oxygens (including phenoxy) is 1. The van der Waals surface area contributed by atoms with E-state index in [9.17, 15) is 4.79 Å². The summed E-state index contributed by atoms with van der Waals surface area (Å²) in [6.45, 7) is 2.11. The zero-order valence-electron chi connectivity index (χ0n) is 5.40. The first-order valence-corrected chi connectivity index (χ1v) is 3.59. The Hall–Kier alpha value is -0.290. The number of aliphatic carboxylic acids is 1. The number of hydrogen-bond donors (Lipinski definition) is 2. The molecule has 0 heterocycles. The molecule has 10 heavy (non-hydrogen) atoms. The van der Waals surface area contributed by atoms with Crippen molar-refractivity contribution in [1.29, 1.82) is 0 Å². The Labute approximate surface area is 69.8 Å². The summed E-state index contributed by atoms with van der Waals surface area (Å²) < 4.78 is 4.74. The largest absolute Gasteiger partial charge is 0.486 e. The van der Waals surface area contributed by atoms with Gasteiger partial charge in [-0.3, -0.25) is 4.79 Å². The smallest absolute Gasteiger partial charge is 0.325 e. The zero-order valence-corrected chi connectivity index (χ0v) is 7.11. The predicted molar refractivity (Wildman–Crippen MR) is 44.6 cm³/mol. The molecular weight excluding hydrogens is 172 g/mol. The van der Waals surface area contributed by atoms with Gasteiger partial charge in [-0.15, -0.1) is 0 Å². The van der Waals surface area contributed by atoms with E-state index in [1.54, 1.807) is 6.92 Å². The van der Waals surface area contributed by atoms with Gasteiger partial charge in [-0.25, -0.2) is 0 Å². The normalized spacial score (nSPS) is 12.2. The van der Waals surface area contributed by atoms with Crippen LogP contribution in [-0.4, -0.2) is 28.0 Å². The summed E-state index contributed by atoms with van der Waals surface area (Å²) in [4.78, 5) is 10.2. The first-order chi connectivity index (χ1) is 4.59. The molecule has 0 aromatic rings. The second kappa shape index (κ2) is 4.51. The molecule has 1 atom stereocenters. The van der Waals surface area contributed by atoms with Crippen LogP contribution in [0, 0.1) is 0 Å². The highest BCUT2D eigenvalue weighted by atomic mass is 32.1. The van der Waals surface area contributed by atoms with Crippen LogP contribution in [0.1, 0.15) is 6.92 Å². The zero-order chi connectivity index (χ0) is 8.15. The molecular formula is C5H8O3S2. The Morgan fingerprint density at radius 1 is 1.90 bits per heavy atom. The van der Waals surface area contributed by atoms with Crippen LogP contribution in [0.15, 0.2) is 0 Å². The first-order valence-electron chi connectivity index (χ1n) is 2.67. The van der Waals surface area contributed by atoms with Gasteiger partial charge in [-0.1, -0.05) is 0 Å². The molecule has 0 saturated carbocycles. The number of carboxylic acid groups (broad SMARTS) is 1. The third-order valence-electron chi connectivity index (χ3n) is 0.744. The van der Waals surface area contributed by atoms with Crippen molar-refractivity contribution in [3.8, 4) is 0 Å². The van der Waals surface area contributed by atoms with E-state index in [0.29, 0.717) is 6.61 Å². The van der Waals surface area contributed by atoms with E-state index < -0.39 is 11.2 Å². The van der Waals surface area contributed by atoms with E-state index in [0.717, 1.165) is 0 Å². The second-order valence-corrected chi connectivity index (χ2v) is 2.41. The molecule has 0 amide bonds. The van der Waals surface area contributed by atoms with Crippen LogP contribution >= 0.6 is 24.8 Å². The summed E-state index contributed by atoms with van der Waals surface area (Å²) in [5.74, 6) is -1.08. The van der Waals surface area contributed by atoms with E-state index in [2.05, 4.69) is 24.8 Å². The third kappa shape index (κ3) is 3.03. The average molecular weight is 180 g/mol. The number of hydrogen-bond acceptors (Lipinski definition) is 4. The molecule has 5 heteroatoms. The second-order valence-electron chi connectivity index (χ2n) is 1.49. The maximum Gasteiger partial charge on any atom is 0.325 e. The summed E-state index contributed by atoms with van der Waals surface area (Å²) in [5.41, 5.74) is 0. The van der Waals surface area contributed by atoms with Crippen LogP contribution in [0.3, 0.4) is 0 Å². The van der Waals surface area contributed by atoms with Crippen molar-refractivity contribution in [1.82, 2.24) is 0 Å². The van der Waals surface area contributed by atoms with Gasteiger partial charge in [0.25, 0.3) is 0 Å². The van der Waals surface area contributed by atoms with Crippen molar-refractivity contribution in [3.63, 3.8) is 0 Å². The van der Waals surface area contributed by atoms with Crippen molar-refractivity contribution in [2.24, 2.45) is 0 Å². The van der Waals surface area contributed by atoms with Gasteiger partial charge in [0.15, 0.2) is 10.3 Å². The first kappa shape index (κ1) is 9.71. The fourth-order valence-electron chi connectivity index (χ4n) is 0.322. The summed E-state index contributed by atoms with van der Waals surface area (Å²) in [7, 11) is 0. The van der Waals surface area contributed by atoms with Crippen LogP contribution < -0.4 is 0 Å². The molecule has 0 aromatic heterocycles. The summed E-state index contributed by atoms with van der Waals surface area (Å²) in [5, 5.41) is 7.36. The Balaban J connectivity index is 3.82. The van der Waals surface area contributed by atoms with Crippen molar-refractivity contribution in [2.75, 3.05) is 6.61 Å². The fourth-order valence-corrected chi connectivity index (χ4v) is 0.615. The van der Waals surface area contributed by atoms with Gasteiger partial charge in [0, 0.05) is 0 Å². The molecule has 1 unspecified atom stereocenters. The molecule has 58 valence electrons. The highest BCUT2D eigenvalue weighted by Gasteiger charge is 2.18. The molecule has 0 aliphatic carbocycles. The summed E-state index contributed by atoms with van der Waals surface area (Å²) in [6, 6.07) is 0. The lowest BCUT2D eigenvalue weighted by molar-refractivity contribution is -0.135. The van der Waals surface area contributed by atoms with Gasteiger partial charge >= 0.3 is 5.97 Å². The van der Waals surface area contributed by atoms with Crippen LogP contribution in [0.5, 0.6) is 0 Å². The van der Waals surface area contributed by atoms with Gasteiger partial charge in [-0.2, -0.15) is 12.6 Å². The number of rotatable bonds is 3. The Morgan fingerprint density at radius 2 is 2.40 bits per heavy atom. The maximum atomic E-state index is 10.2. The fraction of sp³-hybridized carbons (Fsp3) is 0.600. The average Bonchev–Trinajstić information content (AvgIpc) is 1.87. The van der Waals surface area contributed by atoms with Crippen molar-refractivity contribution in [2.45, 2.75) is 12.2 Å². The quantitative estimate of drug-likeness (QED) is 0.496. The van der Waals surface area contributed by atoms with Gasteiger partial charge in [0.1, 0.15) is 0 Å². The Morgan fingerprint density at radius 3 is 2.70 bits per heavy atom. The van der Waals surface area contributed by atoms with E-state index in [-0.39, 0.29) is 5.05 Å². The standard InChI is InChI=1S/C5H8O3S2/c1-2-8-5(10)3(9)4(6)7/h3,9H,2H2,1H3,(H,6,7). The minimum Gasteiger partial charge on any atom is -0.486 e. The van der Waals surface area contributed by atoms with Crippen molar-refractivity contribution in [3.05, 3.63) is 0 Å². The van der Waals surface area contributed by atoms with Crippen molar-refractivity contribution < 1.29 is 14.6 Å². The van der Waals surface area contributed by atoms with Gasteiger partial charge < -0.3 is 9.84 Å². The van der Waals surface area contributed by atoms with E-state index in [1.807, 2.05) is 0 Å². The highest BCUT2D eigenvalue weighted by Crippen LogP contribution is 2.00. The molecule has 0 aromatic carbocycles. The van der Waals surface area contributed by atoms with E-state index >= 15 is 0 Å². The van der Waals surface area contributed by atoms with Crippen molar-refractivity contribution >= 4 is 35.9 Å². The Kier molecular flexibility index (Phi) is 4.38. The van der Waals surface area contributed by atoms with Crippen LogP contribution in [0.25, 0.3) is 0 Å². The van der Waals surface area contributed by atoms with Gasteiger partial charge in [0.05, 0.1) is 6.61 Å². The predicted octanol–water partition coefficient (Wildman–Crippen LogP) is 0.733. The number of carbonyl (C=O) groups is 1. The molecule has 1 N–H and O–H groups in total. The van der Waals surface area contributed by atoms with Gasteiger partial charge in [0.2, 0.25) is 0 Å². The molecule has 0 spiro atoms. The minimum atomic E-state index is -1.08. The lowest BCUT2D eigenvalue weighted by atomic mass is 10.4. The number of thiol groups is 1. The Bertz CT molecular complexity index is 146. The number of thiocarbonyl (C=S) groups is 1. The maximum absolute atomic E-state index is 10.2. The van der Waals surface area contributed by atoms with Crippen LogP contribution in [0.4, 0.5) is 0 Å². The molecule has 3 nitrogen and oxygen atoms in total. The van der Waals surface area contributed by atoms with Crippen LogP contribution in [-0.2, 0) is 9.53 Å².